The molecule has 8 nitrogen and oxygen atoms in total. The number of nitrogens with two attached hydrogens (primary N) is 1. The number of ether oxygens (including phenoxy) is 2. The van der Waals surface area contributed by atoms with Crippen LogP contribution in [0.15, 0.2) is 24.3 Å². The summed E-state index contributed by atoms with van der Waals surface area (Å²) in [6, 6.07) is 7.56. The molecule has 25 heavy (non-hydrogen) atoms. The molecule has 2 aliphatic rings. The fourth-order valence-electron chi connectivity index (χ4n) is 3.28. The van der Waals surface area contributed by atoms with E-state index in [-0.39, 0.29) is 18.3 Å². The van der Waals surface area contributed by atoms with Crippen LogP contribution in [0.3, 0.4) is 0 Å². The van der Waals surface area contributed by atoms with Crippen LogP contribution < -0.4 is 10.6 Å². The first-order chi connectivity index (χ1) is 12.0. The van der Waals surface area contributed by atoms with Crippen LogP contribution in [-0.2, 0) is 16.0 Å². The number of benzene rings is 1. The Balaban J connectivity index is 1.50. The Morgan fingerprint density at radius 3 is 2.56 bits per heavy atom. The van der Waals surface area contributed by atoms with Crippen LogP contribution in [-0.4, -0.2) is 60.6 Å². The van der Waals surface area contributed by atoms with Crippen LogP contribution in [0.5, 0.6) is 0 Å². The molecule has 0 spiro atoms. The normalized spacial score (nSPS) is 22.0. The van der Waals surface area contributed by atoms with Crippen LogP contribution >= 0.6 is 0 Å². The van der Waals surface area contributed by atoms with Gasteiger partial charge in [0, 0.05) is 31.9 Å². The van der Waals surface area contributed by atoms with Crippen molar-refractivity contribution in [2.75, 3.05) is 31.1 Å². The molecule has 1 aromatic carbocycles. The maximum absolute atomic E-state index is 12.1. The first-order valence-corrected chi connectivity index (χ1v) is 8.44. The summed E-state index contributed by atoms with van der Waals surface area (Å²) in [5.41, 5.74) is 7.41. The Bertz CT molecular complexity index is 613. The molecule has 2 saturated heterocycles. The highest BCUT2D eigenvalue weighted by molar-refractivity contribution is 5.89. The first kappa shape index (κ1) is 17.5. The highest BCUT2D eigenvalue weighted by Crippen LogP contribution is 2.23. The van der Waals surface area contributed by atoms with Crippen LogP contribution in [0.4, 0.5) is 15.3 Å². The van der Waals surface area contributed by atoms with Gasteiger partial charge in [-0.2, -0.15) is 0 Å². The summed E-state index contributed by atoms with van der Waals surface area (Å²) in [5.74, 6) is 0. The Kier molecular flexibility index (Phi) is 5.40. The molecule has 3 N–H and O–H groups in total. The van der Waals surface area contributed by atoms with Crippen molar-refractivity contribution in [3.8, 4) is 0 Å². The molecule has 1 atom stereocenters. The fourth-order valence-corrected chi connectivity index (χ4v) is 3.28. The summed E-state index contributed by atoms with van der Waals surface area (Å²) in [6.07, 6.45) is -0.667. The predicted octanol–water partition coefficient (Wildman–Crippen LogP) is 1.63. The molecule has 0 aromatic heterocycles. The van der Waals surface area contributed by atoms with Crippen molar-refractivity contribution < 1.29 is 24.2 Å². The topological polar surface area (TPSA) is 105 Å². The van der Waals surface area contributed by atoms with Crippen molar-refractivity contribution in [1.82, 2.24) is 4.90 Å². The second-order valence-electron chi connectivity index (χ2n) is 6.37. The Labute approximate surface area is 146 Å². The third-order valence-corrected chi connectivity index (χ3v) is 4.62. The average Bonchev–Trinajstić information content (AvgIpc) is 2.96. The number of anilines is 1. The molecule has 0 aliphatic carbocycles. The minimum Gasteiger partial charge on any atom is -0.450 e. The molecule has 2 heterocycles. The lowest BCUT2D eigenvalue weighted by Gasteiger charge is -2.31. The van der Waals surface area contributed by atoms with Crippen LogP contribution in [0.2, 0.25) is 0 Å². The van der Waals surface area contributed by atoms with Gasteiger partial charge in [0.2, 0.25) is 0 Å². The number of cyclic esters (lactones) is 1. The molecule has 0 radical (unpaired) electrons. The molecule has 1 amide bonds. The predicted molar refractivity (Wildman–Crippen MR) is 90.5 cm³/mol. The molecule has 1 aromatic rings. The summed E-state index contributed by atoms with van der Waals surface area (Å²) in [6.45, 7) is 3.08. The number of amides is 1. The molecule has 0 saturated carbocycles. The lowest BCUT2D eigenvalue weighted by Crippen LogP contribution is -2.42. The standard InChI is InChI=1S/C17H23N3O5/c18-9-12-1-3-13(4-2-12)20-11-15(24-16(20)21)10-19-7-5-14(6-8-19)25-17(22)23/h1-4,14-15H,5-11,18H2,(H,22,23). The number of carboxylic acid groups (broad SMARTS) is 1. The molecule has 8 heteroatoms. The minimum absolute atomic E-state index is 0.196. The Morgan fingerprint density at radius 2 is 1.96 bits per heavy atom. The Morgan fingerprint density at radius 1 is 1.28 bits per heavy atom. The van der Waals surface area contributed by atoms with Gasteiger partial charge in [-0.3, -0.25) is 9.80 Å². The quantitative estimate of drug-likeness (QED) is 0.778. The number of hydrogen-bond donors (Lipinski definition) is 2. The first-order valence-electron chi connectivity index (χ1n) is 8.44. The molecule has 0 bridgehead atoms. The van der Waals surface area contributed by atoms with E-state index < -0.39 is 6.16 Å². The van der Waals surface area contributed by atoms with Gasteiger partial charge in [0.15, 0.2) is 0 Å². The average molecular weight is 349 g/mol. The second-order valence-corrected chi connectivity index (χ2v) is 6.37. The van der Waals surface area contributed by atoms with E-state index in [0.717, 1.165) is 24.3 Å². The second kappa shape index (κ2) is 7.71. The van der Waals surface area contributed by atoms with Gasteiger partial charge in [-0.15, -0.1) is 0 Å². The monoisotopic (exact) mass is 349 g/mol. The maximum atomic E-state index is 12.1. The van der Waals surface area contributed by atoms with E-state index in [1.54, 1.807) is 4.90 Å². The summed E-state index contributed by atoms with van der Waals surface area (Å²) in [5, 5.41) is 8.66. The molecular weight excluding hydrogens is 326 g/mol. The van der Waals surface area contributed by atoms with E-state index >= 15 is 0 Å². The van der Waals surface area contributed by atoms with Gasteiger partial charge in [0.25, 0.3) is 0 Å². The number of nitrogens with zero attached hydrogens (tertiary/aromatic N) is 2. The smallest absolute Gasteiger partial charge is 0.450 e. The van der Waals surface area contributed by atoms with Gasteiger partial charge in [0.05, 0.1) is 6.54 Å². The summed E-state index contributed by atoms with van der Waals surface area (Å²) in [7, 11) is 0. The zero-order chi connectivity index (χ0) is 17.8. The molecule has 136 valence electrons. The van der Waals surface area contributed by atoms with E-state index in [2.05, 4.69) is 4.90 Å². The minimum atomic E-state index is -1.22. The zero-order valence-corrected chi connectivity index (χ0v) is 14.0. The summed E-state index contributed by atoms with van der Waals surface area (Å²) < 4.78 is 10.3. The van der Waals surface area contributed by atoms with Crippen molar-refractivity contribution in [2.24, 2.45) is 5.73 Å². The van der Waals surface area contributed by atoms with E-state index in [1.165, 1.54) is 0 Å². The van der Waals surface area contributed by atoms with E-state index in [1.807, 2.05) is 24.3 Å². The van der Waals surface area contributed by atoms with Crippen molar-refractivity contribution in [1.29, 1.82) is 0 Å². The molecule has 3 rings (SSSR count). The van der Waals surface area contributed by atoms with E-state index in [4.69, 9.17) is 20.3 Å². The van der Waals surface area contributed by atoms with Crippen molar-refractivity contribution in [3.63, 3.8) is 0 Å². The fraction of sp³-hybridized carbons (Fsp3) is 0.529. The lowest BCUT2D eigenvalue weighted by atomic mass is 10.1. The molecule has 2 fully saturated rings. The van der Waals surface area contributed by atoms with Gasteiger partial charge in [-0.05, 0) is 30.5 Å². The van der Waals surface area contributed by atoms with Crippen LogP contribution in [0.25, 0.3) is 0 Å². The van der Waals surface area contributed by atoms with Crippen LogP contribution in [0.1, 0.15) is 18.4 Å². The lowest BCUT2D eigenvalue weighted by molar-refractivity contribution is 0.0125. The highest BCUT2D eigenvalue weighted by atomic mass is 16.7. The summed E-state index contributed by atoms with van der Waals surface area (Å²) >= 11 is 0. The number of carbonyl (C=O) groups excluding carboxylic acids is 1. The number of hydrogen-bond acceptors (Lipinski definition) is 6. The molecular formula is C17H23N3O5. The van der Waals surface area contributed by atoms with Crippen molar-refractivity contribution >= 4 is 17.9 Å². The van der Waals surface area contributed by atoms with Crippen molar-refractivity contribution in [2.45, 2.75) is 31.6 Å². The van der Waals surface area contributed by atoms with Gasteiger partial charge in [0.1, 0.15) is 12.2 Å². The van der Waals surface area contributed by atoms with Crippen LogP contribution in [0, 0.1) is 0 Å². The van der Waals surface area contributed by atoms with Crippen molar-refractivity contribution in [3.05, 3.63) is 29.8 Å². The number of carbonyl (C=O) groups is 2. The largest absolute Gasteiger partial charge is 0.506 e. The molecule has 1 unspecified atom stereocenters. The number of piperidine rings is 1. The van der Waals surface area contributed by atoms with Gasteiger partial charge in [-0.1, -0.05) is 12.1 Å². The van der Waals surface area contributed by atoms with E-state index in [0.29, 0.717) is 32.5 Å². The zero-order valence-electron chi connectivity index (χ0n) is 14.0. The molecule has 2 aliphatic heterocycles. The highest BCUT2D eigenvalue weighted by Gasteiger charge is 2.34. The van der Waals surface area contributed by atoms with Gasteiger partial charge >= 0.3 is 12.2 Å². The third kappa shape index (κ3) is 4.40. The third-order valence-electron chi connectivity index (χ3n) is 4.62. The Hall–Kier alpha value is -2.32. The number of likely N-dealkylation sites (tertiary alicyclic amines) is 1. The van der Waals surface area contributed by atoms with Gasteiger partial charge < -0.3 is 20.3 Å². The summed E-state index contributed by atoms with van der Waals surface area (Å²) in [4.78, 5) is 26.5. The SMILES string of the molecule is NCc1ccc(N2CC(CN3CCC(OC(=O)O)CC3)OC2=O)cc1. The van der Waals surface area contributed by atoms with Gasteiger partial charge in [-0.25, -0.2) is 9.59 Å². The maximum Gasteiger partial charge on any atom is 0.506 e. The van der Waals surface area contributed by atoms with E-state index in [9.17, 15) is 9.59 Å². The number of rotatable bonds is 5.